The summed E-state index contributed by atoms with van der Waals surface area (Å²) in [7, 11) is -3.46. The van der Waals surface area contributed by atoms with Crippen LogP contribution in [0.4, 0.5) is 0 Å². The van der Waals surface area contributed by atoms with Crippen molar-refractivity contribution in [3.8, 4) is 0 Å². The van der Waals surface area contributed by atoms with Gasteiger partial charge in [0.2, 0.25) is 12.2 Å². The van der Waals surface area contributed by atoms with Crippen LogP contribution in [0.25, 0.3) is 0 Å². The van der Waals surface area contributed by atoms with E-state index in [2.05, 4.69) is 0 Å². The van der Waals surface area contributed by atoms with Crippen LogP contribution in [0.3, 0.4) is 0 Å². The number of carbonyl (C=O) groups excluding carboxylic acids is 2. The third kappa shape index (κ3) is 8.97. The van der Waals surface area contributed by atoms with Gasteiger partial charge in [-0.3, -0.25) is 19.6 Å². The van der Waals surface area contributed by atoms with E-state index in [9.17, 15) is 14.2 Å². The Kier molecular flexibility index (Phi) is 11.7. The van der Waals surface area contributed by atoms with Crippen molar-refractivity contribution in [2.45, 2.75) is 69.4 Å². The number of ether oxygens (including phenoxy) is 4. The Morgan fingerprint density at radius 3 is 1.94 bits per heavy atom. The Morgan fingerprint density at radius 1 is 1.00 bits per heavy atom. The molecule has 5 atom stereocenters. The summed E-state index contributed by atoms with van der Waals surface area (Å²) in [5, 5.41) is 7.84. The lowest BCUT2D eigenvalue weighted by atomic mass is 9.90. The highest BCUT2D eigenvalue weighted by atomic mass is 35.6. The lowest BCUT2D eigenvalue weighted by Crippen LogP contribution is -2.58. The molecule has 32 heavy (non-hydrogen) atoms. The van der Waals surface area contributed by atoms with Crippen LogP contribution in [-0.2, 0) is 42.1 Å². The molecule has 0 aromatic heterocycles. The maximum absolute atomic E-state index is 12.9. The number of hydrogen-bond donors (Lipinski definition) is 1. The van der Waals surface area contributed by atoms with Crippen LogP contribution in [0.5, 0.6) is 0 Å². The van der Waals surface area contributed by atoms with E-state index < -0.39 is 59.7 Å². The van der Waals surface area contributed by atoms with Crippen molar-refractivity contribution in [2.75, 3.05) is 19.4 Å². The Morgan fingerprint density at radius 2 is 1.50 bits per heavy atom. The fraction of sp³-hybridized carbons (Fsp3) is 0.833. The third-order valence-electron chi connectivity index (χ3n) is 4.38. The lowest BCUT2D eigenvalue weighted by Gasteiger charge is -2.44. The topological polar surface area (TPSA) is 130 Å². The van der Waals surface area contributed by atoms with E-state index >= 15 is 0 Å². The maximum atomic E-state index is 12.9. The summed E-state index contributed by atoms with van der Waals surface area (Å²) in [6, 6.07) is 0. The summed E-state index contributed by atoms with van der Waals surface area (Å²) >= 11 is 17.1. The smallest absolute Gasteiger partial charge is 0.330 e. The molecule has 0 saturated carbocycles. The van der Waals surface area contributed by atoms with E-state index in [4.69, 9.17) is 68.2 Å². The van der Waals surface area contributed by atoms with Gasteiger partial charge in [0, 0.05) is 13.8 Å². The Bertz CT molecular complexity index is 708. The SMILES string of the molecule is CCOP(=O)(CC[C@H]1O[C@H](OC(=N)C(Cl)(Cl)Cl)[C@@H](C)[C@@H](OC(C)=O)[C@@H]1OC(C)=O)OCC. The predicted octanol–water partition coefficient (Wildman–Crippen LogP) is 4.23. The molecule has 1 N–H and O–H groups in total. The second-order valence-electron chi connectivity index (χ2n) is 6.95. The van der Waals surface area contributed by atoms with Gasteiger partial charge in [-0.1, -0.05) is 41.7 Å². The summed E-state index contributed by atoms with van der Waals surface area (Å²) in [4.78, 5) is 23.5. The lowest BCUT2D eigenvalue weighted by molar-refractivity contribution is -0.264. The van der Waals surface area contributed by atoms with Crippen molar-refractivity contribution >= 4 is 60.2 Å². The molecule has 186 valence electrons. The van der Waals surface area contributed by atoms with Gasteiger partial charge in [-0.2, -0.15) is 0 Å². The molecule has 1 heterocycles. The van der Waals surface area contributed by atoms with E-state index in [0.29, 0.717) is 0 Å². The molecule has 10 nitrogen and oxygen atoms in total. The molecule has 0 radical (unpaired) electrons. The zero-order valence-corrected chi connectivity index (χ0v) is 21.6. The molecule has 0 amide bonds. The number of hydrogen-bond acceptors (Lipinski definition) is 10. The first-order chi connectivity index (χ1) is 14.7. The number of nitrogens with one attached hydrogen (secondary N) is 1. The Labute approximate surface area is 202 Å². The number of carbonyl (C=O) groups is 2. The van der Waals surface area contributed by atoms with Crippen LogP contribution in [0.2, 0.25) is 0 Å². The molecule has 1 fully saturated rings. The molecule has 1 aliphatic heterocycles. The van der Waals surface area contributed by atoms with E-state index in [-0.39, 0.29) is 25.8 Å². The number of halogens is 3. The van der Waals surface area contributed by atoms with Gasteiger partial charge >= 0.3 is 19.5 Å². The van der Waals surface area contributed by atoms with Crippen LogP contribution in [0.15, 0.2) is 0 Å². The predicted molar refractivity (Wildman–Crippen MR) is 118 cm³/mol. The molecule has 0 spiro atoms. The molecule has 0 aromatic carbocycles. The van der Waals surface area contributed by atoms with Crippen molar-refractivity contribution in [3.05, 3.63) is 0 Å². The van der Waals surface area contributed by atoms with Crippen LogP contribution in [-0.4, -0.2) is 65.6 Å². The molecule has 0 bridgehead atoms. The average Bonchev–Trinajstić information content (AvgIpc) is 2.64. The zero-order chi connectivity index (χ0) is 24.7. The van der Waals surface area contributed by atoms with E-state index in [1.807, 2.05) is 0 Å². The quantitative estimate of drug-likeness (QED) is 0.142. The van der Waals surface area contributed by atoms with Gasteiger partial charge in [0.05, 0.1) is 25.3 Å². The minimum absolute atomic E-state index is 0.0284. The van der Waals surface area contributed by atoms with Gasteiger partial charge in [-0.05, 0) is 20.3 Å². The van der Waals surface area contributed by atoms with Crippen molar-refractivity contribution in [1.82, 2.24) is 0 Å². The molecular formula is C18H29Cl3NO9P. The van der Waals surface area contributed by atoms with E-state index in [1.165, 1.54) is 13.8 Å². The van der Waals surface area contributed by atoms with Gasteiger partial charge in [0.1, 0.15) is 12.2 Å². The number of rotatable bonds is 10. The van der Waals surface area contributed by atoms with Crippen molar-refractivity contribution < 1.29 is 42.1 Å². The first-order valence-electron chi connectivity index (χ1n) is 9.94. The molecule has 0 aromatic rings. The highest BCUT2D eigenvalue weighted by Crippen LogP contribution is 2.49. The highest BCUT2D eigenvalue weighted by Gasteiger charge is 2.50. The summed E-state index contributed by atoms with van der Waals surface area (Å²) in [5.74, 6) is -2.71. The fourth-order valence-electron chi connectivity index (χ4n) is 3.14. The second-order valence-corrected chi connectivity index (χ2v) is 11.4. The van der Waals surface area contributed by atoms with Crippen LogP contribution in [0.1, 0.15) is 41.0 Å². The first kappa shape index (κ1) is 29.4. The van der Waals surface area contributed by atoms with E-state index in [0.717, 1.165) is 0 Å². The van der Waals surface area contributed by atoms with Crippen molar-refractivity contribution in [3.63, 3.8) is 0 Å². The Balaban J connectivity index is 3.23. The average molecular weight is 541 g/mol. The zero-order valence-electron chi connectivity index (χ0n) is 18.5. The summed E-state index contributed by atoms with van der Waals surface area (Å²) in [6.07, 6.45) is -4.26. The highest BCUT2D eigenvalue weighted by molar-refractivity contribution is 7.53. The molecular weight excluding hydrogens is 512 g/mol. The van der Waals surface area contributed by atoms with Gasteiger partial charge in [0.15, 0.2) is 6.10 Å². The molecule has 1 saturated heterocycles. The van der Waals surface area contributed by atoms with Gasteiger partial charge in [-0.25, -0.2) is 0 Å². The van der Waals surface area contributed by atoms with Gasteiger partial charge in [0.25, 0.3) is 3.79 Å². The van der Waals surface area contributed by atoms with Crippen LogP contribution >= 0.6 is 42.4 Å². The summed E-state index contributed by atoms with van der Waals surface area (Å²) in [6.45, 7) is 7.66. The van der Waals surface area contributed by atoms with Crippen LogP contribution < -0.4 is 0 Å². The monoisotopic (exact) mass is 539 g/mol. The fourth-order valence-corrected chi connectivity index (χ4v) is 4.96. The molecule has 1 aliphatic rings. The summed E-state index contributed by atoms with van der Waals surface area (Å²) < 4.78 is 43.4. The number of esters is 2. The van der Waals surface area contributed by atoms with Crippen LogP contribution in [0, 0.1) is 11.3 Å². The van der Waals surface area contributed by atoms with Crippen molar-refractivity contribution in [1.29, 1.82) is 5.41 Å². The summed E-state index contributed by atoms with van der Waals surface area (Å²) in [5.41, 5.74) is 0. The van der Waals surface area contributed by atoms with E-state index in [1.54, 1.807) is 20.8 Å². The number of alkyl halides is 3. The second kappa shape index (κ2) is 12.7. The van der Waals surface area contributed by atoms with Crippen molar-refractivity contribution in [2.24, 2.45) is 5.92 Å². The molecule has 14 heteroatoms. The molecule has 0 unspecified atom stereocenters. The maximum Gasteiger partial charge on any atom is 0.330 e. The first-order valence-corrected chi connectivity index (χ1v) is 12.8. The Hall–Kier alpha value is -0.610. The minimum atomic E-state index is -3.46. The molecule has 1 rings (SSSR count). The normalized spacial score (nSPS) is 26.3. The third-order valence-corrected chi connectivity index (χ3v) is 7.01. The molecule has 0 aliphatic carbocycles. The van der Waals surface area contributed by atoms with Gasteiger partial charge < -0.3 is 28.0 Å². The largest absolute Gasteiger partial charge is 0.458 e. The van der Waals surface area contributed by atoms with Gasteiger partial charge in [-0.15, -0.1) is 0 Å². The minimum Gasteiger partial charge on any atom is -0.458 e. The standard InChI is InChI=1S/C18H29Cl3NO9P/c1-6-26-32(25,27-7-2)9-8-13-15(29-12(5)24)14(28-11(4)23)10(3)16(30-13)31-17(22)18(19,20)21/h10,13-16,22H,6-9H2,1-5H3/t10-,13+,14+,15+,16+/m0/s1.